The van der Waals surface area contributed by atoms with Crippen molar-refractivity contribution in [1.29, 1.82) is 0 Å². The van der Waals surface area contributed by atoms with E-state index in [1.165, 1.54) is 0 Å². The van der Waals surface area contributed by atoms with Crippen molar-refractivity contribution in [3.05, 3.63) is 23.0 Å². The van der Waals surface area contributed by atoms with E-state index in [4.69, 9.17) is 9.47 Å². The Morgan fingerprint density at radius 1 is 1.39 bits per heavy atom. The van der Waals surface area contributed by atoms with Crippen LogP contribution < -0.4 is 10.1 Å². The van der Waals surface area contributed by atoms with Crippen LogP contribution in [0.2, 0.25) is 0 Å². The molecule has 0 aromatic carbocycles. The van der Waals surface area contributed by atoms with Gasteiger partial charge in [-0.3, -0.25) is 4.98 Å². The summed E-state index contributed by atoms with van der Waals surface area (Å²) >= 11 is 0. The van der Waals surface area contributed by atoms with E-state index in [9.17, 15) is 0 Å². The third-order valence-corrected chi connectivity index (χ3v) is 2.94. The van der Waals surface area contributed by atoms with E-state index in [0.29, 0.717) is 6.04 Å². The molecule has 1 N–H and O–H groups in total. The Labute approximate surface area is 110 Å². The lowest BCUT2D eigenvalue weighted by atomic mass is 10.1. The number of nitrogens with zero attached hydrogens (tertiary/aromatic N) is 1. The first-order chi connectivity index (χ1) is 8.60. The first-order valence-electron chi connectivity index (χ1n) is 6.40. The Bertz CT molecular complexity index is 380. The smallest absolute Gasteiger partial charge is 0.128 e. The first-order valence-corrected chi connectivity index (χ1v) is 6.40. The van der Waals surface area contributed by atoms with Crippen LogP contribution in [0.3, 0.4) is 0 Å². The van der Waals surface area contributed by atoms with Crippen molar-refractivity contribution in [1.82, 2.24) is 10.3 Å². The molecule has 1 atom stereocenters. The highest BCUT2D eigenvalue weighted by molar-refractivity contribution is 5.40. The molecular weight excluding hydrogens is 228 g/mol. The van der Waals surface area contributed by atoms with E-state index in [1.54, 1.807) is 7.11 Å². The molecule has 0 aliphatic heterocycles. The Morgan fingerprint density at radius 2 is 2.11 bits per heavy atom. The highest BCUT2D eigenvalue weighted by Gasteiger charge is 2.10. The maximum absolute atomic E-state index is 5.40. The molecule has 102 valence electrons. The molecule has 0 fully saturated rings. The van der Waals surface area contributed by atoms with Crippen LogP contribution in [0.25, 0.3) is 0 Å². The summed E-state index contributed by atoms with van der Waals surface area (Å²) in [4.78, 5) is 4.46. The Hall–Kier alpha value is -1.13. The maximum Gasteiger partial charge on any atom is 0.128 e. The minimum Gasteiger partial charge on any atom is -0.496 e. The minimum atomic E-state index is 0.318. The molecular formula is C14H24N2O2. The highest BCUT2D eigenvalue weighted by atomic mass is 16.5. The van der Waals surface area contributed by atoms with E-state index in [-0.39, 0.29) is 0 Å². The second-order valence-electron chi connectivity index (χ2n) is 4.49. The van der Waals surface area contributed by atoms with Gasteiger partial charge in [0.05, 0.1) is 19.4 Å². The van der Waals surface area contributed by atoms with Gasteiger partial charge in [-0.25, -0.2) is 0 Å². The lowest BCUT2D eigenvalue weighted by Crippen LogP contribution is -2.30. The van der Waals surface area contributed by atoms with Crippen LogP contribution in [-0.2, 0) is 11.3 Å². The molecule has 0 bridgehead atoms. The molecule has 4 nitrogen and oxygen atoms in total. The van der Waals surface area contributed by atoms with Crippen molar-refractivity contribution in [2.24, 2.45) is 0 Å². The monoisotopic (exact) mass is 252 g/mol. The lowest BCUT2D eigenvalue weighted by Gasteiger charge is -2.16. The van der Waals surface area contributed by atoms with Crippen molar-refractivity contribution >= 4 is 0 Å². The van der Waals surface area contributed by atoms with Crippen LogP contribution in [0.5, 0.6) is 5.75 Å². The summed E-state index contributed by atoms with van der Waals surface area (Å²) in [6.07, 6.45) is 1.86. The number of nitrogens with one attached hydrogen (secondary N) is 1. The number of hydrogen-bond donors (Lipinski definition) is 1. The van der Waals surface area contributed by atoms with Gasteiger partial charge in [0.15, 0.2) is 0 Å². The fraction of sp³-hybridized carbons (Fsp3) is 0.643. The summed E-state index contributed by atoms with van der Waals surface area (Å²) in [5.41, 5.74) is 3.20. The maximum atomic E-state index is 5.40. The highest BCUT2D eigenvalue weighted by Crippen LogP contribution is 2.23. The van der Waals surface area contributed by atoms with Crippen LogP contribution >= 0.6 is 0 Å². The predicted octanol–water partition coefficient (Wildman–Crippen LogP) is 2.22. The zero-order chi connectivity index (χ0) is 13.5. The molecule has 1 heterocycles. The molecule has 0 amide bonds. The standard InChI is InChI=1S/C14H24N2O2/c1-6-18-9-11(3)15-8-13-12(4)14(17-5)10(2)7-16-13/h7,11,15H,6,8-9H2,1-5H3. The molecule has 1 aromatic heterocycles. The summed E-state index contributed by atoms with van der Waals surface area (Å²) in [7, 11) is 1.70. The van der Waals surface area contributed by atoms with E-state index in [0.717, 1.165) is 42.3 Å². The van der Waals surface area contributed by atoms with E-state index in [2.05, 4.69) is 17.2 Å². The van der Waals surface area contributed by atoms with E-state index in [1.807, 2.05) is 27.0 Å². The van der Waals surface area contributed by atoms with Crippen LogP contribution in [-0.4, -0.2) is 31.3 Å². The van der Waals surface area contributed by atoms with Crippen LogP contribution in [0.1, 0.15) is 30.7 Å². The van der Waals surface area contributed by atoms with Crippen molar-refractivity contribution < 1.29 is 9.47 Å². The molecule has 0 radical (unpaired) electrons. The SMILES string of the molecule is CCOCC(C)NCc1ncc(C)c(OC)c1C. The van der Waals surface area contributed by atoms with Crippen molar-refractivity contribution in [2.75, 3.05) is 20.3 Å². The Balaban J connectivity index is 2.62. The third-order valence-electron chi connectivity index (χ3n) is 2.94. The number of ether oxygens (including phenoxy) is 2. The molecule has 0 spiro atoms. The van der Waals surface area contributed by atoms with Gasteiger partial charge in [-0.1, -0.05) is 0 Å². The number of aryl methyl sites for hydroxylation is 1. The summed E-state index contributed by atoms with van der Waals surface area (Å²) in [6, 6.07) is 0.318. The molecule has 18 heavy (non-hydrogen) atoms. The van der Waals surface area contributed by atoms with Gasteiger partial charge in [0.25, 0.3) is 0 Å². The zero-order valence-corrected chi connectivity index (χ0v) is 12.0. The fourth-order valence-corrected chi connectivity index (χ4v) is 1.87. The second kappa shape index (κ2) is 7.34. The van der Waals surface area contributed by atoms with Gasteiger partial charge in [0.2, 0.25) is 0 Å². The number of pyridine rings is 1. The number of aromatic nitrogens is 1. The molecule has 0 saturated carbocycles. The van der Waals surface area contributed by atoms with Crippen molar-refractivity contribution in [2.45, 2.75) is 40.3 Å². The average molecular weight is 252 g/mol. The fourth-order valence-electron chi connectivity index (χ4n) is 1.87. The van der Waals surface area contributed by atoms with Crippen molar-refractivity contribution in [3.63, 3.8) is 0 Å². The van der Waals surface area contributed by atoms with Crippen LogP contribution in [0.4, 0.5) is 0 Å². The molecule has 1 aromatic rings. The first kappa shape index (κ1) is 14.9. The summed E-state index contributed by atoms with van der Waals surface area (Å²) in [5.74, 6) is 0.930. The van der Waals surface area contributed by atoms with Crippen molar-refractivity contribution in [3.8, 4) is 5.75 Å². The van der Waals surface area contributed by atoms with Gasteiger partial charge in [0, 0.05) is 36.5 Å². The number of methoxy groups -OCH3 is 1. The topological polar surface area (TPSA) is 43.4 Å². The summed E-state index contributed by atoms with van der Waals surface area (Å²) in [6.45, 7) is 10.4. The molecule has 4 heteroatoms. The molecule has 0 aliphatic rings. The largest absolute Gasteiger partial charge is 0.496 e. The van der Waals surface area contributed by atoms with Gasteiger partial charge in [0.1, 0.15) is 5.75 Å². The summed E-state index contributed by atoms with van der Waals surface area (Å²) in [5, 5.41) is 3.40. The normalized spacial score (nSPS) is 12.5. The van der Waals surface area contributed by atoms with Gasteiger partial charge in [-0.2, -0.15) is 0 Å². The quantitative estimate of drug-likeness (QED) is 0.808. The predicted molar refractivity (Wildman–Crippen MR) is 73.1 cm³/mol. The zero-order valence-electron chi connectivity index (χ0n) is 12.0. The lowest BCUT2D eigenvalue weighted by molar-refractivity contribution is 0.127. The minimum absolute atomic E-state index is 0.318. The van der Waals surface area contributed by atoms with Gasteiger partial charge in [-0.05, 0) is 27.7 Å². The molecule has 1 rings (SSSR count). The number of rotatable bonds is 7. The van der Waals surface area contributed by atoms with E-state index < -0.39 is 0 Å². The molecule has 0 saturated heterocycles. The van der Waals surface area contributed by atoms with Crippen LogP contribution in [0.15, 0.2) is 6.20 Å². The third kappa shape index (κ3) is 3.96. The summed E-state index contributed by atoms with van der Waals surface area (Å²) < 4.78 is 10.8. The van der Waals surface area contributed by atoms with Gasteiger partial charge >= 0.3 is 0 Å². The Kier molecular flexibility index (Phi) is 6.09. The second-order valence-corrected chi connectivity index (χ2v) is 4.49. The average Bonchev–Trinajstić information content (AvgIpc) is 2.36. The Morgan fingerprint density at radius 3 is 2.72 bits per heavy atom. The van der Waals surface area contributed by atoms with Gasteiger partial charge in [-0.15, -0.1) is 0 Å². The molecule has 1 unspecified atom stereocenters. The van der Waals surface area contributed by atoms with Gasteiger partial charge < -0.3 is 14.8 Å². The van der Waals surface area contributed by atoms with Crippen LogP contribution in [0, 0.1) is 13.8 Å². The number of hydrogen-bond acceptors (Lipinski definition) is 4. The van der Waals surface area contributed by atoms with E-state index >= 15 is 0 Å². The molecule has 0 aliphatic carbocycles.